The Morgan fingerprint density at radius 1 is 1.43 bits per heavy atom. The Labute approximate surface area is 138 Å². The molecule has 1 saturated carbocycles. The molecule has 4 nitrogen and oxygen atoms in total. The third kappa shape index (κ3) is 3.21. The lowest BCUT2D eigenvalue weighted by molar-refractivity contribution is 0.509. The van der Waals surface area contributed by atoms with E-state index in [1.54, 1.807) is 0 Å². The van der Waals surface area contributed by atoms with E-state index in [9.17, 15) is 0 Å². The standard InChI is InChI=1S/C15H19BrN4S/c1-19(10-11-5-4-6-12(16)9-11)14-17-18-15(21)20(14)13-7-2-3-8-13/h4-6,9,13H,2-3,7-8,10H2,1H3,(H,18,21). The lowest BCUT2D eigenvalue weighted by Gasteiger charge is -2.22. The number of rotatable bonds is 4. The summed E-state index contributed by atoms with van der Waals surface area (Å²) >= 11 is 8.94. The normalized spacial score (nSPS) is 15.5. The van der Waals surface area contributed by atoms with Crippen LogP contribution in [0.25, 0.3) is 0 Å². The first kappa shape index (κ1) is 14.8. The summed E-state index contributed by atoms with van der Waals surface area (Å²) in [4.78, 5) is 2.16. The highest BCUT2D eigenvalue weighted by atomic mass is 79.9. The van der Waals surface area contributed by atoms with Crippen LogP contribution < -0.4 is 4.90 Å². The maximum Gasteiger partial charge on any atom is 0.226 e. The summed E-state index contributed by atoms with van der Waals surface area (Å²) in [5.74, 6) is 0.937. The molecule has 0 bridgehead atoms. The Morgan fingerprint density at radius 2 is 2.19 bits per heavy atom. The van der Waals surface area contributed by atoms with Gasteiger partial charge in [0.2, 0.25) is 5.95 Å². The SMILES string of the molecule is CN(Cc1cccc(Br)c1)c1n[nH]c(=S)n1C1CCCC1. The van der Waals surface area contributed by atoms with Crippen molar-refractivity contribution in [3.63, 3.8) is 0 Å². The second-order valence-corrected chi connectivity index (χ2v) is 6.93. The molecule has 6 heteroatoms. The van der Waals surface area contributed by atoms with Gasteiger partial charge in [0.05, 0.1) is 0 Å². The van der Waals surface area contributed by atoms with Gasteiger partial charge in [-0.2, -0.15) is 0 Å². The van der Waals surface area contributed by atoms with Gasteiger partial charge in [-0.1, -0.05) is 40.9 Å². The Hall–Kier alpha value is -1.14. The minimum atomic E-state index is 0.496. The van der Waals surface area contributed by atoms with Crippen molar-refractivity contribution in [3.8, 4) is 0 Å². The molecule has 1 aliphatic carbocycles. The molecular weight excluding hydrogens is 348 g/mol. The molecule has 3 rings (SSSR count). The van der Waals surface area contributed by atoms with Gasteiger partial charge in [0.1, 0.15) is 0 Å². The molecule has 1 N–H and O–H groups in total. The van der Waals surface area contributed by atoms with E-state index >= 15 is 0 Å². The van der Waals surface area contributed by atoms with Gasteiger partial charge in [-0.15, -0.1) is 5.10 Å². The number of nitrogens with zero attached hydrogens (tertiary/aromatic N) is 3. The summed E-state index contributed by atoms with van der Waals surface area (Å²) in [6.45, 7) is 0.811. The second kappa shape index (κ2) is 6.32. The average molecular weight is 367 g/mol. The fourth-order valence-electron chi connectivity index (χ4n) is 3.04. The van der Waals surface area contributed by atoms with Gasteiger partial charge >= 0.3 is 0 Å². The maximum atomic E-state index is 5.42. The van der Waals surface area contributed by atoms with Crippen LogP contribution >= 0.6 is 28.1 Å². The monoisotopic (exact) mass is 366 g/mol. The highest BCUT2D eigenvalue weighted by molar-refractivity contribution is 9.10. The molecule has 0 amide bonds. The highest BCUT2D eigenvalue weighted by Gasteiger charge is 2.22. The first-order chi connectivity index (χ1) is 10.1. The van der Waals surface area contributed by atoms with Crippen LogP contribution in [0.5, 0.6) is 0 Å². The van der Waals surface area contributed by atoms with E-state index in [1.165, 1.54) is 31.2 Å². The van der Waals surface area contributed by atoms with Crippen LogP contribution in [0.4, 0.5) is 5.95 Å². The summed E-state index contributed by atoms with van der Waals surface area (Å²) in [5, 5.41) is 7.40. The zero-order valence-electron chi connectivity index (χ0n) is 12.1. The minimum Gasteiger partial charge on any atom is -0.340 e. The molecule has 1 aromatic heterocycles. The minimum absolute atomic E-state index is 0.496. The number of aromatic amines is 1. The molecule has 1 aromatic carbocycles. The number of H-pyrrole nitrogens is 1. The van der Waals surface area contributed by atoms with Crippen molar-refractivity contribution in [2.75, 3.05) is 11.9 Å². The van der Waals surface area contributed by atoms with E-state index in [1.807, 2.05) is 6.07 Å². The van der Waals surface area contributed by atoms with Gasteiger partial charge < -0.3 is 4.90 Å². The van der Waals surface area contributed by atoms with Crippen molar-refractivity contribution < 1.29 is 0 Å². The van der Waals surface area contributed by atoms with Crippen molar-refractivity contribution >= 4 is 34.1 Å². The maximum absolute atomic E-state index is 5.42. The molecule has 2 aromatic rings. The van der Waals surface area contributed by atoms with Crippen molar-refractivity contribution in [1.29, 1.82) is 0 Å². The molecule has 1 fully saturated rings. The van der Waals surface area contributed by atoms with E-state index in [0.717, 1.165) is 21.7 Å². The number of hydrogen-bond donors (Lipinski definition) is 1. The molecule has 1 heterocycles. The third-order valence-electron chi connectivity index (χ3n) is 4.03. The van der Waals surface area contributed by atoms with Gasteiger partial charge in [0, 0.05) is 24.1 Å². The summed E-state index contributed by atoms with van der Waals surface area (Å²) in [5.41, 5.74) is 1.25. The van der Waals surface area contributed by atoms with Gasteiger partial charge in [-0.3, -0.25) is 4.57 Å². The molecule has 0 atom stereocenters. The lowest BCUT2D eigenvalue weighted by Crippen LogP contribution is -2.22. The van der Waals surface area contributed by atoms with Crippen molar-refractivity contribution in [2.24, 2.45) is 0 Å². The third-order valence-corrected chi connectivity index (χ3v) is 4.81. The number of hydrogen-bond acceptors (Lipinski definition) is 3. The quantitative estimate of drug-likeness (QED) is 0.811. The Kier molecular flexibility index (Phi) is 4.45. The van der Waals surface area contributed by atoms with E-state index in [4.69, 9.17) is 12.2 Å². The highest BCUT2D eigenvalue weighted by Crippen LogP contribution is 2.32. The molecule has 0 spiro atoms. The molecule has 1 aliphatic rings. The zero-order chi connectivity index (χ0) is 14.8. The topological polar surface area (TPSA) is 36.9 Å². The van der Waals surface area contributed by atoms with Crippen LogP contribution in [0.1, 0.15) is 37.3 Å². The van der Waals surface area contributed by atoms with Crippen molar-refractivity contribution in [2.45, 2.75) is 38.3 Å². The predicted octanol–water partition coefficient (Wildman–Crippen LogP) is 4.45. The average Bonchev–Trinajstić information content (AvgIpc) is 3.07. The Balaban J connectivity index is 1.84. The number of benzene rings is 1. The van der Waals surface area contributed by atoms with E-state index in [2.05, 4.69) is 60.8 Å². The number of halogens is 1. The smallest absolute Gasteiger partial charge is 0.226 e. The summed E-state index contributed by atoms with van der Waals surface area (Å²) in [6.07, 6.45) is 4.97. The van der Waals surface area contributed by atoms with Crippen LogP contribution in [0, 0.1) is 4.77 Å². The van der Waals surface area contributed by atoms with Crippen LogP contribution in [0.3, 0.4) is 0 Å². The molecular formula is C15H19BrN4S. The van der Waals surface area contributed by atoms with Gasteiger partial charge in [0.15, 0.2) is 4.77 Å². The summed E-state index contributed by atoms with van der Waals surface area (Å²) in [7, 11) is 2.07. The van der Waals surface area contributed by atoms with Crippen LogP contribution in [0.15, 0.2) is 28.7 Å². The zero-order valence-corrected chi connectivity index (χ0v) is 14.5. The first-order valence-electron chi connectivity index (χ1n) is 7.27. The fourth-order valence-corrected chi connectivity index (χ4v) is 3.76. The Morgan fingerprint density at radius 3 is 2.90 bits per heavy atom. The van der Waals surface area contributed by atoms with E-state index < -0.39 is 0 Å². The molecule has 112 valence electrons. The van der Waals surface area contributed by atoms with Crippen molar-refractivity contribution in [1.82, 2.24) is 14.8 Å². The molecule has 0 radical (unpaired) electrons. The number of anilines is 1. The number of aromatic nitrogens is 3. The Bertz CT molecular complexity index is 672. The first-order valence-corrected chi connectivity index (χ1v) is 8.48. The molecule has 0 saturated heterocycles. The molecule has 0 aliphatic heterocycles. The predicted molar refractivity (Wildman–Crippen MR) is 91.2 cm³/mol. The number of nitrogens with one attached hydrogen (secondary N) is 1. The van der Waals surface area contributed by atoms with Gasteiger partial charge in [-0.05, 0) is 42.8 Å². The summed E-state index contributed by atoms with van der Waals surface area (Å²) in [6, 6.07) is 8.86. The summed E-state index contributed by atoms with van der Waals surface area (Å²) < 4.78 is 4.03. The molecule has 0 unspecified atom stereocenters. The largest absolute Gasteiger partial charge is 0.340 e. The fraction of sp³-hybridized carbons (Fsp3) is 0.467. The van der Waals surface area contributed by atoms with Crippen LogP contribution in [-0.4, -0.2) is 21.8 Å². The van der Waals surface area contributed by atoms with Crippen LogP contribution in [-0.2, 0) is 6.54 Å². The van der Waals surface area contributed by atoms with Crippen LogP contribution in [0.2, 0.25) is 0 Å². The van der Waals surface area contributed by atoms with E-state index in [-0.39, 0.29) is 0 Å². The van der Waals surface area contributed by atoms with Gasteiger partial charge in [-0.25, -0.2) is 5.10 Å². The second-order valence-electron chi connectivity index (χ2n) is 5.62. The van der Waals surface area contributed by atoms with Crippen molar-refractivity contribution in [3.05, 3.63) is 39.1 Å². The molecule has 21 heavy (non-hydrogen) atoms. The van der Waals surface area contributed by atoms with E-state index in [0.29, 0.717) is 6.04 Å². The van der Waals surface area contributed by atoms with Gasteiger partial charge in [0.25, 0.3) is 0 Å². The lowest BCUT2D eigenvalue weighted by atomic mass is 10.2.